The molecule has 1 aromatic carbocycles. The molecular weight excluding hydrogens is 252 g/mol. The van der Waals surface area contributed by atoms with Gasteiger partial charge in [0.05, 0.1) is 5.52 Å². The summed E-state index contributed by atoms with van der Waals surface area (Å²) in [7, 11) is 0. The van der Waals surface area contributed by atoms with E-state index in [1.165, 1.54) is 6.07 Å². The van der Waals surface area contributed by atoms with Gasteiger partial charge < -0.3 is 9.88 Å². The Morgan fingerprint density at radius 1 is 1.30 bits per heavy atom. The molecule has 0 bridgehead atoms. The van der Waals surface area contributed by atoms with Gasteiger partial charge in [0, 0.05) is 24.2 Å². The fourth-order valence-corrected chi connectivity index (χ4v) is 2.09. The molecule has 2 rings (SSSR count). The zero-order chi connectivity index (χ0) is 14.7. The Morgan fingerprint density at radius 2 is 2.05 bits per heavy atom. The molecule has 0 radical (unpaired) electrons. The van der Waals surface area contributed by atoms with Crippen molar-refractivity contribution >= 4 is 16.8 Å². The molecule has 0 unspecified atom stereocenters. The highest BCUT2D eigenvalue weighted by Crippen LogP contribution is 2.12. The molecule has 1 aromatic heterocycles. The fraction of sp³-hybridized carbons (Fsp3) is 0.375. The first-order valence-electron chi connectivity index (χ1n) is 6.84. The maximum atomic E-state index is 11.9. The highest BCUT2D eigenvalue weighted by molar-refractivity contribution is 5.82. The van der Waals surface area contributed by atoms with E-state index in [-0.39, 0.29) is 17.9 Å². The Labute approximate surface area is 118 Å². The number of carbonyl (C=O) groups excluding carboxylic acids is 1. The SMILES string of the molecule is Cc1ccc2c(c1)c(=O)ccn2CC(=O)NCC(C)C. The van der Waals surface area contributed by atoms with Crippen LogP contribution in [-0.2, 0) is 11.3 Å². The minimum Gasteiger partial charge on any atom is -0.354 e. The van der Waals surface area contributed by atoms with Gasteiger partial charge in [-0.05, 0) is 25.0 Å². The van der Waals surface area contributed by atoms with Gasteiger partial charge in [0.15, 0.2) is 5.43 Å². The van der Waals surface area contributed by atoms with Gasteiger partial charge in [0.25, 0.3) is 0 Å². The van der Waals surface area contributed by atoms with E-state index in [2.05, 4.69) is 19.2 Å². The molecule has 2 aromatic rings. The molecule has 0 aliphatic heterocycles. The number of hydrogen-bond donors (Lipinski definition) is 1. The van der Waals surface area contributed by atoms with Gasteiger partial charge in [-0.25, -0.2) is 0 Å². The summed E-state index contributed by atoms with van der Waals surface area (Å²) >= 11 is 0. The van der Waals surface area contributed by atoms with Crippen molar-refractivity contribution < 1.29 is 4.79 Å². The molecule has 106 valence electrons. The molecule has 1 amide bonds. The van der Waals surface area contributed by atoms with Crippen LogP contribution in [0.25, 0.3) is 10.9 Å². The van der Waals surface area contributed by atoms with Crippen LogP contribution in [0.1, 0.15) is 19.4 Å². The predicted octanol–water partition coefficient (Wildman–Crippen LogP) is 2.08. The number of benzene rings is 1. The van der Waals surface area contributed by atoms with Gasteiger partial charge >= 0.3 is 0 Å². The van der Waals surface area contributed by atoms with E-state index in [0.717, 1.165) is 11.1 Å². The monoisotopic (exact) mass is 272 g/mol. The second-order valence-corrected chi connectivity index (χ2v) is 5.53. The van der Waals surface area contributed by atoms with Crippen LogP contribution >= 0.6 is 0 Å². The Hall–Kier alpha value is -2.10. The van der Waals surface area contributed by atoms with Crippen molar-refractivity contribution in [3.8, 4) is 0 Å². The summed E-state index contributed by atoms with van der Waals surface area (Å²) in [6.45, 7) is 6.95. The summed E-state index contributed by atoms with van der Waals surface area (Å²) in [5.74, 6) is 0.386. The van der Waals surface area contributed by atoms with Crippen molar-refractivity contribution in [2.45, 2.75) is 27.3 Å². The number of pyridine rings is 1. The van der Waals surface area contributed by atoms with Crippen molar-refractivity contribution in [3.63, 3.8) is 0 Å². The summed E-state index contributed by atoms with van der Waals surface area (Å²) in [6.07, 6.45) is 1.68. The molecule has 20 heavy (non-hydrogen) atoms. The van der Waals surface area contributed by atoms with Crippen LogP contribution in [-0.4, -0.2) is 17.0 Å². The number of carbonyl (C=O) groups is 1. The van der Waals surface area contributed by atoms with E-state index < -0.39 is 0 Å². The smallest absolute Gasteiger partial charge is 0.239 e. The van der Waals surface area contributed by atoms with Gasteiger partial charge in [-0.3, -0.25) is 9.59 Å². The van der Waals surface area contributed by atoms with E-state index in [1.807, 2.05) is 29.7 Å². The number of aromatic nitrogens is 1. The lowest BCUT2D eigenvalue weighted by atomic mass is 10.1. The van der Waals surface area contributed by atoms with E-state index in [4.69, 9.17) is 0 Å². The molecule has 0 aliphatic rings. The summed E-state index contributed by atoms with van der Waals surface area (Å²) in [6, 6.07) is 7.21. The number of nitrogens with one attached hydrogen (secondary N) is 1. The van der Waals surface area contributed by atoms with Crippen LogP contribution in [0.2, 0.25) is 0 Å². The lowest BCUT2D eigenvalue weighted by Crippen LogP contribution is -2.31. The van der Waals surface area contributed by atoms with Gasteiger partial charge in [0.2, 0.25) is 5.91 Å². The molecule has 4 heteroatoms. The zero-order valence-corrected chi connectivity index (χ0v) is 12.1. The maximum Gasteiger partial charge on any atom is 0.239 e. The molecule has 0 spiro atoms. The van der Waals surface area contributed by atoms with Gasteiger partial charge in [-0.15, -0.1) is 0 Å². The predicted molar refractivity (Wildman–Crippen MR) is 80.8 cm³/mol. The minimum absolute atomic E-state index is 0.0115. The molecule has 0 atom stereocenters. The molecule has 1 N–H and O–H groups in total. The fourth-order valence-electron chi connectivity index (χ4n) is 2.09. The van der Waals surface area contributed by atoms with E-state index in [1.54, 1.807) is 6.20 Å². The van der Waals surface area contributed by atoms with E-state index in [0.29, 0.717) is 17.8 Å². The summed E-state index contributed by atoms with van der Waals surface area (Å²) in [5, 5.41) is 3.54. The molecule has 4 nitrogen and oxygen atoms in total. The van der Waals surface area contributed by atoms with Crippen LogP contribution in [0.5, 0.6) is 0 Å². The highest BCUT2D eigenvalue weighted by Gasteiger charge is 2.07. The highest BCUT2D eigenvalue weighted by atomic mass is 16.2. The largest absolute Gasteiger partial charge is 0.354 e. The van der Waals surface area contributed by atoms with Crippen molar-refractivity contribution in [1.82, 2.24) is 9.88 Å². The number of aryl methyl sites for hydroxylation is 1. The third-order valence-corrected chi connectivity index (χ3v) is 3.15. The number of fused-ring (bicyclic) bond motifs is 1. The first-order valence-corrected chi connectivity index (χ1v) is 6.84. The van der Waals surface area contributed by atoms with Crippen molar-refractivity contribution in [2.24, 2.45) is 5.92 Å². The molecule has 0 saturated carbocycles. The quantitative estimate of drug-likeness (QED) is 0.926. The second-order valence-electron chi connectivity index (χ2n) is 5.53. The summed E-state index contributed by atoms with van der Waals surface area (Å²) < 4.78 is 1.81. The average molecular weight is 272 g/mol. The number of hydrogen-bond acceptors (Lipinski definition) is 2. The van der Waals surface area contributed by atoms with Gasteiger partial charge in [0.1, 0.15) is 6.54 Å². The Morgan fingerprint density at radius 3 is 2.75 bits per heavy atom. The third-order valence-electron chi connectivity index (χ3n) is 3.15. The van der Waals surface area contributed by atoms with Crippen LogP contribution < -0.4 is 10.7 Å². The number of rotatable bonds is 4. The van der Waals surface area contributed by atoms with Crippen molar-refractivity contribution in [3.05, 3.63) is 46.2 Å². The summed E-state index contributed by atoms with van der Waals surface area (Å²) in [4.78, 5) is 23.8. The Bertz CT molecular complexity index is 686. The number of nitrogens with zero attached hydrogens (tertiary/aromatic N) is 1. The maximum absolute atomic E-state index is 11.9. The van der Waals surface area contributed by atoms with Gasteiger partial charge in [-0.1, -0.05) is 25.5 Å². The normalized spacial score (nSPS) is 11.0. The third kappa shape index (κ3) is 3.26. The van der Waals surface area contributed by atoms with Crippen LogP contribution in [0.15, 0.2) is 35.3 Å². The first kappa shape index (κ1) is 14.3. The average Bonchev–Trinajstić information content (AvgIpc) is 2.40. The van der Waals surface area contributed by atoms with Gasteiger partial charge in [-0.2, -0.15) is 0 Å². The number of amides is 1. The van der Waals surface area contributed by atoms with E-state index >= 15 is 0 Å². The standard InChI is InChI=1S/C16H20N2O2/c1-11(2)9-17-16(20)10-18-7-6-15(19)13-8-12(3)4-5-14(13)18/h4-8,11H,9-10H2,1-3H3,(H,17,20). The second kappa shape index (κ2) is 5.90. The van der Waals surface area contributed by atoms with Crippen molar-refractivity contribution in [2.75, 3.05) is 6.54 Å². The van der Waals surface area contributed by atoms with Crippen LogP contribution in [0, 0.1) is 12.8 Å². The minimum atomic E-state index is -0.0378. The molecule has 1 heterocycles. The molecular formula is C16H20N2O2. The molecule has 0 aliphatic carbocycles. The van der Waals surface area contributed by atoms with Crippen LogP contribution in [0.4, 0.5) is 0 Å². The lowest BCUT2D eigenvalue weighted by molar-refractivity contribution is -0.121. The molecule has 0 saturated heterocycles. The summed E-state index contributed by atoms with van der Waals surface area (Å²) in [5.41, 5.74) is 1.82. The first-order chi connectivity index (χ1) is 9.47. The lowest BCUT2D eigenvalue weighted by Gasteiger charge is -2.12. The van der Waals surface area contributed by atoms with Crippen molar-refractivity contribution in [1.29, 1.82) is 0 Å². The van der Waals surface area contributed by atoms with Crippen LogP contribution in [0.3, 0.4) is 0 Å². The molecule has 0 fully saturated rings. The Kier molecular flexibility index (Phi) is 4.23. The van der Waals surface area contributed by atoms with E-state index in [9.17, 15) is 9.59 Å². The Balaban J connectivity index is 2.29. The zero-order valence-electron chi connectivity index (χ0n) is 12.1. The topological polar surface area (TPSA) is 51.1 Å².